The number of Topliss-reactive ketones (excluding diaryl/α,β-unsaturated/α-hetero) is 1. The lowest BCUT2D eigenvalue weighted by molar-refractivity contribution is -0.132. The van der Waals surface area contributed by atoms with Crippen LogP contribution in [0.1, 0.15) is 65.9 Å². The number of carbonyl (C=O) groups is 2. The highest BCUT2D eigenvalue weighted by Gasteiger charge is 2.48. The molecule has 5 heteroatoms. The molecular formula is C33H34N2O3. The number of nitrogens with one attached hydrogen (secondary N) is 1. The van der Waals surface area contributed by atoms with Crippen LogP contribution in [0, 0.1) is 27.7 Å². The zero-order valence-corrected chi connectivity index (χ0v) is 23.1. The largest absolute Gasteiger partial charge is 0.507 e. The molecule has 0 bridgehead atoms. The summed E-state index contributed by atoms with van der Waals surface area (Å²) in [6.45, 7) is 14.2. The Morgan fingerprint density at radius 2 is 1.55 bits per heavy atom. The molecule has 0 spiro atoms. The number of anilines is 1. The lowest BCUT2D eigenvalue weighted by Gasteiger charge is -2.27. The molecule has 194 valence electrons. The average Bonchev–Trinajstić information content (AvgIpc) is 3.32. The van der Waals surface area contributed by atoms with Crippen LogP contribution in [-0.4, -0.2) is 21.8 Å². The number of hydrogen-bond donors (Lipinski definition) is 2. The SMILES string of the molecule is Cc1ccc(N2C(=O)C(=O)/C(=C(/O)c3cc(C(C)(C)C)ccc3C)C2c2c(C)[nH]c3ccccc23)cc1C. The Bertz CT molecular complexity index is 1650. The maximum absolute atomic E-state index is 13.8. The first-order valence-corrected chi connectivity index (χ1v) is 13.0. The van der Waals surface area contributed by atoms with Crippen molar-refractivity contribution in [2.75, 3.05) is 4.90 Å². The molecular weight excluding hydrogens is 472 g/mol. The van der Waals surface area contributed by atoms with Crippen LogP contribution < -0.4 is 4.90 Å². The second kappa shape index (κ2) is 9.02. The number of hydrogen-bond acceptors (Lipinski definition) is 3. The minimum absolute atomic E-state index is 0.107. The second-order valence-corrected chi connectivity index (χ2v) is 11.4. The Balaban J connectivity index is 1.84. The Labute approximate surface area is 223 Å². The third-order valence-corrected chi connectivity index (χ3v) is 7.79. The number of ketones is 1. The Hall–Kier alpha value is -4.12. The molecule has 5 nitrogen and oxygen atoms in total. The number of fused-ring (bicyclic) bond motifs is 1. The molecule has 1 fully saturated rings. The van der Waals surface area contributed by atoms with E-state index >= 15 is 0 Å². The van der Waals surface area contributed by atoms with E-state index in [1.165, 1.54) is 0 Å². The van der Waals surface area contributed by atoms with E-state index < -0.39 is 17.7 Å². The third-order valence-electron chi connectivity index (χ3n) is 7.79. The van der Waals surface area contributed by atoms with Crippen LogP contribution >= 0.6 is 0 Å². The highest BCUT2D eigenvalue weighted by Crippen LogP contribution is 2.46. The first-order valence-electron chi connectivity index (χ1n) is 13.0. The van der Waals surface area contributed by atoms with Gasteiger partial charge in [0.1, 0.15) is 5.76 Å². The van der Waals surface area contributed by atoms with Crippen LogP contribution in [0.5, 0.6) is 0 Å². The highest BCUT2D eigenvalue weighted by molar-refractivity contribution is 6.52. The monoisotopic (exact) mass is 506 g/mol. The van der Waals surface area contributed by atoms with E-state index in [9.17, 15) is 14.7 Å². The standard InChI is InChI=1S/C33H34N2O3/c1-18-13-15-23(16-20(18)3)35-29(27-21(4)34-26-11-9-8-10-24(26)27)28(31(37)32(35)38)30(36)25-17-22(33(5,6)7)14-12-19(25)2/h8-17,29,34,36H,1-7H3/b30-28+. The Morgan fingerprint density at radius 1 is 0.868 bits per heavy atom. The van der Waals surface area contributed by atoms with E-state index in [2.05, 4.69) is 25.8 Å². The molecule has 1 aliphatic rings. The van der Waals surface area contributed by atoms with Gasteiger partial charge in [0.05, 0.1) is 11.6 Å². The topological polar surface area (TPSA) is 73.4 Å². The minimum Gasteiger partial charge on any atom is -0.507 e. The second-order valence-electron chi connectivity index (χ2n) is 11.4. The first-order chi connectivity index (χ1) is 17.9. The van der Waals surface area contributed by atoms with E-state index in [-0.39, 0.29) is 16.7 Å². The van der Waals surface area contributed by atoms with E-state index in [0.29, 0.717) is 11.3 Å². The normalized spacial score (nSPS) is 17.6. The third kappa shape index (κ3) is 4.03. The number of aryl methyl sites for hydroxylation is 4. The van der Waals surface area contributed by atoms with Crippen molar-refractivity contribution in [3.05, 3.63) is 105 Å². The zero-order chi connectivity index (χ0) is 27.5. The molecule has 38 heavy (non-hydrogen) atoms. The van der Waals surface area contributed by atoms with Gasteiger partial charge in [-0.15, -0.1) is 0 Å². The summed E-state index contributed by atoms with van der Waals surface area (Å²) in [5.41, 5.74) is 7.71. The highest BCUT2D eigenvalue weighted by atomic mass is 16.3. The molecule has 5 rings (SSSR count). The van der Waals surface area contributed by atoms with Gasteiger partial charge in [0, 0.05) is 33.4 Å². The average molecular weight is 507 g/mol. The van der Waals surface area contributed by atoms with Gasteiger partial charge in [-0.1, -0.05) is 57.2 Å². The number of aliphatic hydroxyl groups excluding tert-OH is 1. The van der Waals surface area contributed by atoms with Crippen molar-refractivity contribution in [1.82, 2.24) is 4.98 Å². The van der Waals surface area contributed by atoms with Gasteiger partial charge < -0.3 is 10.1 Å². The summed E-state index contributed by atoms with van der Waals surface area (Å²) >= 11 is 0. The maximum atomic E-state index is 13.8. The molecule has 1 aliphatic heterocycles. The van der Waals surface area contributed by atoms with Crippen molar-refractivity contribution in [3.8, 4) is 0 Å². The maximum Gasteiger partial charge on any atom is 0.300 e. The molecule has 4 aromatic rings. The van der Waals surface area contributed by atoms with Gasteiger partial charge in [-0.2, -0.15) is 0 Å². The minimum atomic E-state index is -0.786. The summed E-state index contributed by atoms with van der Waals surface area (Å²) in [6, 6.07) is 18.8. The molecule has 3 aromatic carbocycles. The van der Waals surface area contributed by atoms with Crippen LogP contribution in [0.15, 0.2) is 66.2 Å². The van der Waals surface area contributed by atoms with E-state index in [1.807, 2.05) is 88.4 Å². The summed E-state index contributed by atoms with van der Waals surface area (Å²) in [4.78, 5) is 32.5. The Morgan fingerprint density at radius 3 is 2.24 bits per heavy atom. The number of benzene rings is 3. The molecule has 0 saturated carbocycles. The number of rotatable bonds is 3. The van der Waals surface area contributed by atoms with Crippen molar-refractivity contribution >= 4 is 34.0 Å². The predicted octanol–water partition coefficient (Wildman–Crippen LogP) is 7.33. The van der Waals surface area contributed by atoms with Crippen LogP contribution in [0.4, 0.5) is 5.69 Å². The lowest BCUT2D eigenvalue weighted by Crippen LogP contribution is -2.29. The molecule has 2 N–H and O–H groups in total. The van der Waals surface area contributed by atoms with E-state index in [1.54, 1.807) is 4.90 Å². The number of para-hydroxylation sites is 1. The summed E-state index contributed by atoms with van der Waals surface area (Å²) in [6.07, 6.45) is 0. The van der Waals surface area contributed by atoms with Crippen molar-refractivity contribution in [2.45, 2.75) is 59.9 Å². The fourth-order valence-corrected chi connectivity index (χ4v) is 5.39. The van der Waals surface area contributed by atoms with Crippen LogP contribution in [-0.2, 0) is 15.0 Å². The van der Waals surface area contributed by atoms with Crippen molar-refractivity contribution < 1.29 is 14.7 Å². The van der Waals surface area contributed by atoms with Crippen molar-refractivity contribution in [3.63, 3.8) is 0 Å². The number of nitrogens with zero attached hydrogens (tertiary/aromatic N) is 1. The molecule has 1 unspecified atom stereocenters. The fraction of sp³-hybridized carbons (Fsp3) is 0.273. The molecule has 2 heterocycles. The number of aromatic nitrogens is 1. The fourth-order valence-electron chi connectivity index (χ4n) is 5.39. The van der Waals surface area contributed by atoms with Gasteiger partial charge in [-0.3, -0.25) is 14.5 Å². The van der Waals surface area contributed by atoms with Gasteiger partial charge >= 0.3 is 0 Å². The van der Waals surface area contributed by atoms with Crippen LogP contribution in [0.25, 0.3) is 16.7 Å². The van der Waals surface area contributed by atoms with Crippen LogP contribution in [0.2, 0.25) is 0 Å². The summed E-state index contributed by atoms with van der Waals surface area (Å²) in [5, 5.41) is 12.8. The van der Waals surface area contributed by atoms with Gasteiger partial charge in [0.15, 0.2) is 0 Å². The Kier molecular flexibility index (Phi) is 6.06. The number of amides is 1. The van der Waals surface area contributed by atoms with E-state index in [4.69, 9.17) is 0 Å². The summed E-state index contributed by atoms with van der Waals surface area (Å²) < 4.78 is 0. The first kappa shape index (κ1) is 25.5. The van der Waals surface area contributed by atoms with Crippen molar-refractivity contribution in [1.29, 1.82) is 0 Å². The van der Waals surface area contributed by atoms with Crippen LogP contribution in [0.3, 0.4) is 0 Å². The molecule has 0 aliphatic carbocycles. The summed E-state index contributed by atoms with van der Waals surface area (Å²) in [5.74, 6) is -1.47. The number of H-pyrrole nitrogens is 1. The van der Waals surface area contributed by atoms with E-state index in [0.717, 1.165) is 44.4 Å². The van der Waals surface area contributed by atoms with Gasteiger partial charge in [-0.25, -0.2) is 0 Å². The predicted molar refractivity (Wildman–Crippen MR) is 154 cm³/mol. The van der Waals surface area contributed by atoms with Gasteiger partial charge in [-0.05, 0) is 79.6 Å². The van der Waals surface area contributed by atoms with Gasteiger partial charge in [0.25, 0.3) is 11.7 Å². The smallest absolute Gasteiger partial charge is 0.300 e. The number of carbonyl (C=O) groups excluding carboxylic acids is 2. The zero-order valence-electron chi connectivity index (χ0n) is 23.1. The summed E-state index contributed by atoms with van der Waals surface area (Å²) in [7, 11) is 0. The molecule has 1 atom stereocenters. The molecule has 1 aromatic heterocycles. The molecule has 0 radical (unpaired) electrons. The van der Waals surface area contributed by atoms with Crippen molar-refractivity contribution in [2.24, 2.45) is 0 Å². The number of aromatic amines is 1. The molecule has 1 amide bonds. The lowest BCUT2D eigenvalue weighted by atomic mass is 9.84. The quantitative estimate of drug-likeness (QED) is 0.174. The van der Waals surface area contributed by atoms with Gasteiger partial charge in [0.2, 0.25) is 0 Å². The number of aliphatic hydroxyl groups is 1. The molecule has 1 saturated heterocycles.